The molecule has 0 saturated carbocycles. The number of fused-ring (bicyclic) bond motifs is 2. The normalized spacial score (nSPS) is 15.1. The molecule has 1 aromatic carbocycles. The van der Waals surface area contributed by atoms with Crippen LogP contribution < -0.4 is 10.2 Å². The van der Waals surface area contributed by atoms with Gasteiger partial charge < -0.3 is 19.4 Å². The van der Waals surface area contributed by atoms with Gasteiger partial charge in [0.1, 0.15) is 11.3 Å². The van der Waals surface area contributed by atoms with Gasteiger partial charge in [-0.15, -0.1) is 0 Å². The van der Waals surface area contributed by atoms with Crippen LogP contribution in [-0.4, -0.2) is 48.3 Å². The van der Waals surface area contributed by atoms with Gasteiger partial charge in [0, 0.05) is 55.2 Å². The predicted octanol–water partition coefficient (Wildman–Crippen LogP) is 3.87. The number of pyridine rings is 2. The summed E-state index contributed by atoms with van der Waals surface area (Å²) in [7, 11) is 1.85. The Bertz CT molecular complexity index is 1220. The van der Waals surface area contributed by atoms with Crippen molar-refractivity contribution in [2.45, 2.75) is 0 Å². The van der Waals surface area contributed by atoms with Crippen LogP contribution in [0, 0.1) is 0 Å². The van der Waals surface area contributed by atoms with Crippen molar-refractivity contribution < 1.29 is 9.15 Å². The predicted molar refractivity (Wildman–Crippen MR) is 114 cm³/mol. The van der Waals surface area contributed by atoms with E-state index >= 15 is 0 Å². The van der Waals surface area contributed by atoms with Gasteiger partial charge in [0.05, 0.1) is 18.8 Å². The second-order valence-electron chi connectivity index (χ2n) is 7.09. The van der Waals surface area contributed by atoms with E-state index in [2.05, 4.69) is 38.9 Å². The van der Waals surface area contributed by atoms with E-state index in [-0.39, 0.29) is 0 Å². The number of benzene rings is 1. The zero-order valence-electron chi connectivity index (χ0n) is 16.2. The van der Waals surface area contributed by atoms with Crippen molar-refractivity contribution in [3.8, 4) is 11.5 Å². The average Bonchev–Trinajstić information content (AvgIpc) is 3.05. The number of rotatable bonds is 3. The quantitative estimate of drug-likeness (QED) is 0.535. The maximum atomic E-state index is 6.07. The third-order valence-electron chi connectivity index (χ3n) is 5.12. The molecule has 1 fully saturated rings. The Balaban J connectivity index is 1.57. The third kappa shape index (κ3) is 3.19. The number of aromatic nitrogens is 3. The van der Waals surface area contributed by atoms with E-state index in [1.54, 1.807) is 18.6 Å². The van der Waals surface area contributed by atoms with Gasteiger partial charge >= 0.3 is 0 Å². The number of hydrogen-bond donors (Lipinski definition) is 1. The Morgan fingerprint density at radius 3 is 3.00 bits per heavy atom. The van der Waals surface area contributed by atoms with Crippen LogP contribution in [0.25, 0.3) is 33.3 Å². The molecule has 0 radical (unpaired) electrons. The van der Waals surface area contributed by atoms with E-state index in [1.165, 1.54) is 0 Å². The lowest BCUT2D eigenvalue weighted by molar-refractivity contribution is 0.172. The topological polar surface area (TPSA) is 76.3 Å². The molecule has 0 amide bonds. The highest BCUT2D eigenvalue weighted by Gasteiger charge is 2.17. The molecule has 0 unspecified atom stereocenters. The standard InChI is InChI=1S/C22H21N5O2/c1-14-12-27(7-8-28-13-14)15-3-4-20-19(9-15)26-22(29-20)18-11-25-21(23-2)17-10-24-6-5-16(17)18/h3-6,9-11H,1,7-8,12-13H2,2H3,(H,23,25). The van der Waals surface area contributed by atoms with Gasteiger partial charge in [-0.25, -0.2) is 9.97 Å². The van der Waals surface area contributed by atoms with E-state index in [1.807, 2.05) is 19.2 Å². The molecule has 5 rings (SSSR count). The number of nitrogens with zero attached hydrogens (tertiary/aromatic N) is 4. The maximum Gasteiger partial charge on any atom is 0.229 e. The summed E-state index contributed by atoms with van der Waals surface area (Å²) in [5.74, 6) is 1.32. The van der Waals surface area contributed by atoms with Gasteiger partial charge in [-0.1, -0.05) is 6.58 Å². The molecule has 29 heavy (non-hydrogen) atoms. The summed E-state index contributed by atoms with van der Waals surface area (Å²) < 4.78 is 11.6. The number of anilines is 2. The number of oxazole rings is 1. The summed E-state index contributed by atoms with van der Waals surface area (Å²) >= 11 is 0. The van der Waals surface area contributed by atoms with Crippen molar-refractivity contribution in [1.82, 2.24) is 15.0 Å². The first-order chi connectivity index (χ1) is 14.2. The molecule has 1 aliphatic heterocycles. The first kappa shape index (κ1) is 17.6. The Hall–Kier alpha value is -3.45. The van der Waals surface area contributed by atoms with Crippen LogP contribution in [0.15, 0.2) is 59.4 Å². The molecular weight excluding hydrogens is 366 g/mol. The van der Waals surface area contributed by atoms with Crippen LogP contribution >= 0.6 is 0 Å². The number of nitrogens with one attached hydrogen (secondary N) is 1. The van der Waals surface area contributed by atoms with E-state index in [0.717, 1.165) is 57.6 Å². The minimum atomic E-state index is 0.548. The highest BCUT2D eigenvalue weighted by Crippen LogP contribution is 2.33. The largest absolute Gasteiger partial charge is 0.436 e. The Kier molecular flexibility index (Phi) is 4.37. The molecule has 4 aromatic rings. The van der Waals surface area contributed by atoms with Crippen LogP contribution in [0.1, 0.15) is 0 Å². The molecule has 7 nitrogen and oxygen atoms in total. The molecule has 1 aliphatic rings. The van der Waals surface area contributed by atoms with E-state index in [0.29, 0.717) is 19.1 Å². The molecule has 1 N–H and O–H groups in total. The number of ether oxygens (including phenoxy) is 1. The summed E-state index contributed by atoms with van der Waals surface area (Å²) in [5.41, 5.74) is 4.55. The molecule has 0 atom stereocenters. The minimum Gasteiger partial charge on any atom is -0.436 e. The molecular formula is C22H21N5O2. The van der Waals surface area contributed by atoms with Crippen molar-refractivity contribution in [3.05, 3.63) is 55.0 Å². The first-order valence-electron chi connectivity index (χ1n) is 9.54. The van der Waals surface area contributed by atoms with Crippen LogP contribution in [-0.2, 0) is 4.74 Å². The smallest absolute Gasteiger partial charge is 0.229 e. The fourth-order valence-electron chi connectivity index (χ4n) is 3.69. The van der Waals surface area contributed by atoms with Crippen molar-refractivity contribution in [3.63, 3.8) is 0 Å². The Morgan fingerprint density at radius 2 is 2.10 bits per heavy atom. The summed E-state index contributed by atoms with van der Waals surface area (Å²) in [4.78, 5) is 15.7. The fraction of sp³-hybridized carbons (Fsp3) is 0.227. The fourth-order valence-corrected chi connectivity index (χ4v) is 3.69. The second kappa shape index (κ2) is 7.18. The molecule has 0 spiro atoms. The molecule has 0 aliphatic carbocycles. The Morgan fingerprint density at radius 1 is 1.17 bits per heavy atom. The van der Waals surface area contributed by atoms with Gasteiger partial charge in [0.15, 0.2) is 5.58 Å². The Labute approximate surface area is 168 Å². The van der Waals surface area contributed by atoms with Gasteiger partial charge in [-0.2, -0.15) is 0 Å². The summed E-state index contributed by atoms with van der Waals surface area (Å²) in [6.45, 7) is 6.98. The monoisotopic (exact) mass is 387 g/mol. The van der Waals surface area contributed by atoms with E-state index < -0.39 is 0 Å². The summed E-state index contributed by atoms with van der Waals surface area (Å²) in [5, 5.41) is 5.02. The SMILES string of the molecule is C=C1COCCN(c2ccc3oc(-c4cnc(NC)c5cnccc45)nc3c2)C1. The third-order valence-corrected chi connectivity index (χ3v) is 5.12. The highest BCUT2D eigenvalue weighted by molar-refractivity contribution is 6.00. The van der Waals surface area contributed by atoms with Crippen LogP contribution in [0.5, 0.6) is 0 Å². The molecule has 3 aromatic heterocycles. The number of hydrogen-bond acceptors (Lipinski definition) is 7. The van der Waals surface area contributed by atoms with Gasteiger partial charge in [-0.3, -0.25) is 4.98 Å². The molecule has 4 heterocycles. The van der Waals surface area contributed by atoms with Crippen molar-refractivity contribution in [2.75, 3.05) is 43.6 Å². The minimum absolute atomic E-state index is 0.548. The van der Waals surface area contributed by atoms with Crippen LogP contribution in [0.2, 0.25) is 0 Å². The summed E-state index contributed by atoms with van der Waals surface area (Å²) in [6, 6.07) is 8.03. The van der Waals surface area contributed by atoms with Gasteiger partial charge in [-0.05, 0) is 29.8 Å². The zero-order valence-corrected chi connectivity index (χ0v) is 16.2. The van der Waals surface area contributed by atoms with Gasteiger partial charge in [0.2, 0.25) is 5.89 Å². The van der Waals surface area contributed by atoms with Crippen LogP contribution in [0.4, 0.5) is 11.5 Å². The second-order valence-corrected chi connectivity index (χ2v) is 7.09. The van der Waals surface area contributed by atoms with Crippen molar-refractivity contribution in [1.29, 1.82) is 0 Å². The van der Waals surface area contributed by atoms with Crippen molar-refractivity contribution >= 4 is 33.4 Å². The molecule has 1 saturated heterocycles. The van der Waals surface area contributed by atoms with Crippen LogP contribution in [0.3, 0.4) is 0 Å². The maximum absolute atomic E-state index is 6.07. The molecule has 7 heteroatoms. The summed E-state index contributed by atoms with van der Waals surface area (Å²) in [6.07, 6.45) is 5.35. The lowest BCUT2D eigenvalue weighted by Crippen LogP contribution is -2.26. The average molecular weight is 387 g/mol. The van der Waals surface area contributed by atoms with E-state index in [4.69, 9.17) is 14.1 Å². The molecule has 146 valence electrons. The van der Waals surface area contributed by atoms with E-state index in [9.17, 15) is 0 Å². The molecule has 0 bridgehead atoms. The lowest BCUT2D eigenvalue weighted by Gasteiger charge is -2.22. The zero-order chi connectivity index (χ0) is 19.8. The highest BCUT2D eigenvalue weighted by atomic mass is 16.5. The van der Waals surface area contributed by atoms with Gasteiger partial charge in [0.25, 0.3) is 0 Å². The lowest BCUT2D eigenvalue weighted by atomic mass is 10.1. The van der Waals surface area contributed by atoms with Crippen molar-refractivity contribution in [2.24, 2.45) is 0 Å². The first-order valence-corrected chi connectivity index (χ1v) is 9.54.